The van der Waals surface area contributed by atoms with Crippen molar-refractivity contribution in [1.82, 2.24) is 14.5 Å². The minimum absolute atomic E-state index is 0.858. The maximum Gasteiger partial charge on any atom is 0.138 e. The highest BCUT2D eigenvalue weighted by Crippen LogP contribution is 2.22. The first-order valence-electron chi connectivity index (χ1n) is 5.95. The summed E-state index contributed by atoms with van der Waals surface area (Å²) in [5.41, 5.74) is 3.42. The molecule has 0 saturated carbocycles. The SMILES string of the molecule is Cc1ccc(-c2cncn2-c2ccc(Br)cn2)cc1. The third-order valence-corrected chi connectivity index (χ3v) is 3.41. The number of aromatic nitrogens is 3. The Labute approximate surface area is 120 Å². The lowest BCUT2D eigenvalue weighted by atomic mass is 10.1. The van der Waals surface area contributed by atoms with Gasteiger partial charge in [-0.2, -0.15) is 0 Å². The number of halogens is 1. The Morgan fingerprint density at radius 3 is 2.47 bits per heavy atom. The van der Waals surface area contributed by atoms with Crippen molar-refractivity contribution in [1.29, 1.82) is 0 Å². The Morgan fingerprint density at radius 2 is 1.79 bits per heavy atom. The summed E-state index contributed by atoms with van der Waals surface area (Å²) in [5.74, 6) is 0.858. The first-order valence-corrected chi connectivity index (χ1v) is 6.74. The van der Waals surface area contributed by atoms with Gasteiger partial charge in [-0.15, -0.1) is 0 Å². The fraction of sp³-hybridized carbons (Fsp3) is 0.0667. The molecular weight excluding hydrogens is 302 g/mol. The standard InChI is InChI=1S/C15H12BrN3/c1-11-2-4-12(5-3-11)14-9-17-10-19(14)15-7-6-13(16)8-18-15/h2-10H,1H3. The molecule has 1 aromatic carbocycles. The van der Waals surface area contributed by atoms with Crippen LogP contribution in [-0.2, 0) is 0 Å². The van der Waals surface area contributed by atoms with E-state index in [-0.39, 0.29) is 0 Å². The van der Waals surface area contributed by atoms with Gasteiger partial charge in [0.15, 0.2) is 0 Å². The lowest BCUT2D eigenvalue weighted by Crippen LogP contribution is -1.97. The summed E-state index contributed by atoms with van der Waals surface area (Å²) in [6, 6.07) is 12.3. The van der Waals surface area contributed by atoms with E-state index in [2.05, 4.69) is 57.1 Å². The molecule has 3 nitrogen and oxygen atoms in total. The van der Waals surface area contributed by atoms with Gasteiger partial charge in [0.1, 0.15) is 12.1 Å². The number of benzene rings is 1. The highest BCUT2D eigenvalue weighted by Gasteiger charge is 2.07. The molecule has 0 aliphatic carbocycles. The lowest BCUT2D eigenvalue weighted by Gasteiger charge is -2.07. The van der Waals surface area contributed by atoms with Crippen molar-refractivity contribution in [2.75, 3.05) is 0 Å². The number of aryl methyl sites for hydroxylation is 1. The van der Waals surface area contributed by atoms with Gasteiger partial charge in [-0.05, 0) is 35.0 Å². The van der Waals surface area contributed by atoms with Crippen LogP contribution in [-0.4, -0.2) is 14.5 Å². The van der Waals surface area contributed by atoms with Crippen molar-refractivity contribution >= 4 is 15.9 Å². The zero-order valence-corrected chi connectivity index (χ0v) is 12.0. The highest BCUT2D eigenvalue weighted by molar-refractivity contribution is 9.10. The van der Waals surface area contributed by atoms with E-state index >= 15 is 0 Å². The van der Waals surface area contributed by atoms with Gasteiger partial charge in [0.25, 0.3) is 0 Å². The minimum Gasteiger partial charge on any atom is -0.283 e. The van der Waals surface area contributed by atoms with Crippen LogP contribution in [0.3, 0.4) is 0 Å². The van der Waals surface area contributed by atoms with E-state index < -0.39 is 0 Å². The van der Waals surface area contributed by atoms with Gasteiger partial charge in [-0.3, -0.25) is 4.57 Å². The van der Waals surface area contributed by atoms with Crippen LogP contribution in [0, 0.1) is 6.92 Å². The number of hydrogen-bond donors (Lipinski definition) is 0. The Bertz CT molecular complexity index is 624. The van der Waals surface area contributed by atoms with Gasteiger partial charge >= 0.3 is 0 Å². The monoisotopic (exact) mass is 313 g/mol. The predicted octanol–water partition coefficient (Wildman–Crippen LogP) is 4.01. The predicted molar refractivity (Wildman–Crippen MR) is 79.2 cm³/mol. The van der Waals surface area contributed by atoms with Gasteiger partial charge < -0.3 is 0 Å². The Balaban J connectivity index is 2.07. The molecular formula is C15H12BrN3. The molecule has 0 aliphatic heterocycles. The first-order chi connectivity index (χ1) is 9.24. The number of imidazole rings is 1. The molecule has 3 aromatic rings. The number of pyridine rings is 1. The number of nitrogens with zero attached hydrogens (tertiary/aromatic N) is 3. The first kappa shape index (κ1) is 12.1. The molecule has 2 heterocycles. The number of rotatable bonds is 2. The van der Waals surface area contributed by atoms with Gasteiger partial charge in [-0.25, -0.2) is 9.97 Å². The summed E-state index contributed by atoms with van der Waals surface area (Å²) in [7, 11) is 0. The molecule has 4 heteroatoms. The van der Waals surface area contributed by atoms with Gasteiger partial charge in [-0.1, -0.05) is 29.8 Å². The van der Waals surface area contributed by atoms with Crippen LogP contribution in [0.2, 0.25) is 0 Å². The van der Waals surface area contributed by atoms with Crippen LogP contribution in [0.25, 0.3) is 17.1 Å². The largest absolute Gasteiger partial charge is 0.283 e. The molecule has 2 aromatic heterocycles. The summed E-state index contributed by atoms with van der Waals surface area (Å²) < 4.78 is 2.95. The van der Waals surface area contributed by atoms with E-state index in [1.165, 1.54) is 5.56 Å². The molecule has 3 rings (SSSR count). The second-order valence-electron chi connectivity index (χ2n) is 4.35. The molecule has 94 valence electrons. The number of hydrogen-bond acceptors (Lipinski definition) is 2. The fourth-order valence-corrected chi connectivity index (χ4v) is 2.16. The van der Waals surface area contributed by atoms with E-state index in [1.54, 1.807) is 12.5 Å². The second kappa shape index (κ2) is 4.97. The third kappa shape index (κ3) is 2.44. The van der Waals surface area contributed by atoms with Crippen molar-refractivity contribution in [3.63, 3.8) is 0 Å². The summed E-state index contributed by atoms with van der Waals surface area (Å²) in [6.45, 7) is 2.08. The van der Waals surface area contributed by atoms with Gasteiger partial charge in [0.05, 0.1) is 11.9 Å². The molecule has 0 fully saturated rings. The second-order valence-corrected chi connectivity index (χ2v) is 5.27. The topological polar surface area (TPSA) is 30.7 Å². The highest BCUT2D eigenvalue weighted by atomic mass is 79.9. The summed E-state index contributed by atoms with van der Waals surface area (Å²) in [4.78, 5) is 8.63. The lowest BCUT2D eigenvalue weighted by molar-refractivity contribution is 0.997. The Kier molecular flexibility index (Phi) is 3.17. The summed E-state index contributed by atoms with van der Waals surface area (Å²) in [5, 5.41) is 0. The molecule has 0 spiro atoms. The summed E-state index contributed by atoms with van der Waals surface area (Å²) >= 11 is 3.39. The van der Waals surface area contributed by atoms with Crippen LogP contribution < -0.4 is 0 Å². The molecule has 0 radical (unpaired) electrons. The van der Waals surface area contributed by atoms with Crippen molar-refractivity contribution < 1.29 is 0 Å². The smallest absolute Gasteiger partial charge is 0.138 e. The minimum atomic E-state index is 0.858. The Hall–Kier alpha value is -1.94. The molecule has 19 heavy (non-hydrogen) atoms. The van der Waals surface area contributed by atoms with E-state index in [9.17, 15) is 0 Å². The molecule has 0 aliphatic rings. The average Bonchev–Trinajstić information content (AvgIpc) is 2.90. The molecule has 0 saturated heterocycles. The van der Waals surface area contributed by atoms with Crippen LogP contribution in [0.4, 0.5) is 0 Å². The Morgan fingerprint density at radius 1 is 1.00 bits per heavy atom. The molecule has 0 atom stereocenters. The van der Waals surface area contributed by atoms with Crippen molar-refractivity contribution in [3.05, 3.63) is 65.2 Å². The quantitative estimate of drug-likeness (QED) is 0.715. The fourth-order valence-electron chi connectivity index (χ4n) is 1.93. The third-order valence-electron chi connectivity index (χ3n) is 2.94. The van der Waals surface area contributed by atoms with Crippen LogP contribution in [0.5, 0.6) is 0 Å². The molecule has 0 N–H and O–H groups in total. The zero-order valence-electron chi connectivity index (χ0n) is 10.4. The zero-order chi connectivity index (χ0) is 13.2. The van der Waals surface area contributed by atoms with E-state index in [4.69, 9.17) is 0 Å². The maximum absolute atomic E-state index is 4.40. The molecule has 0 unspecified atom stereocenters. The van der Waals surface area contributed by atoms with E-state index in [0.29, 0.717) is 0 Å². The van der Waals surface area contributed by atoms with E-state index in [1.807, 2.05) is 22.9 Å². The van der Waals surface area contributed by atoms with E-state index in [0.717, 1.165) is 21.5 Å². The summed E-state index contributed by atoms with van der Waals surface area (Å²) in [6.07, 6.45) is 5.42. The molecule has 0 amide bonds. The van der Waals surface area contributed by atoms with Gasteiger partial charge in [0, 0.05) is 16.2 Å². The van der Waals surface area contributed by atoms with Crippen LogP contribution in [0.1, 0.15) is 5.56 Å². The van der Waals surface area contributed by atoms with Gasteiger partial charge in [0.2, 0.25) is 0 Å². The van der Waals surface area contributed by atoms with Crippen LogP contribution >= 0.6 is 15.9 Å². The normalized spacial score (nSPS) is 10.6. The van der Waals surface area contributed by atoms with Crippen molar-refractivity contribution in [3.8, 4) is 17.1 Å². The van der Waals surface area contributed by atoms with Crippen molar-refractivity contribution in [2.45, 2.75) is 6.92 Å². The maximum atomic E-state index is 4.40. The van der Waals surface area contributed by atoms with Crippen LogP contribution in [0.15, 0.2) is 59.6 Å². The van der Waals surface area contributed by atoms with Crippen molar-refractivity contribution in [2.24, 2.45) is 0 Å². The molecule has 0 bridgehead atoms. The average molecular weight is 314 g/mol.